The molecular formula is C34H40N4O6. The van der Waals surface area contributed by atoms with Gasteiger partial charge in [0.2, 0.25) is 5.88 Å². The third-order valence-corrected chi connectivity index (χ3v) is 8.02. The Labute approximate surface area is 258 Å². The highest BCUT2D eigenvalue weighted by molar-refractivity contribution is 5.90. The molecule has 232 valence electrons. The van der Waals surface area contributed by atoms with Crippen molar-refractivity contribution in [1.82, 2.24) is 19.7 Å². The number of methoxy groups -OCH3 is 1. The Bertz CT molecular complexity index is 1590. The summed E-state index contributed by atoms with van der Waals surface area (Å²) in [7, 11) is 3.60. The molecule has 6 rings (SSSR count). The Morgan fingerprint density at radius 3 is 2.41 bits per heavy atom. The van der Waals surface area contributed by atoms with Crippen molar-refractivity contribution in [3.05, 3.63) is 88.1 Å². The van der Waals surface area contributed by atoms with Crippen LogP contribution in [0.5, 0.6) is 11.6 Å². The highest BCUT2D eigenvalue weighted by Gasteiger charge is 2.21. The van der Waals surface area contributed by atoms with E-state index in [1.54, 1.807) is 6.07 Å². The van der Waals surface area contributed by atoms with Crippen molar-refractivity contribution in [2.45, 2.75) is 33.3 Å². The average Bonchev–Trinajstić information content (AvgIpc) is 3.40. The van der Waals surface area contributed by atoms with Gasteiger partial charge in [-0.25, -0.2) is 9.78 Å². The van der Waals surface area contributed by atoms with Crippen LogP contribution in [0.25, 0.3) is 17.1 Å². The molecule has 0 aliphatic carbocycles. The molecule has 44 heavy (non-hydrogen) atoms. The molecule has 0 atom stereocenters. The predicted molar refractivity (Wildman–Crippen MR) is 167 cm³/mol. The van der Waals surface area contributed by atoms with Gasteiger partial charge in [-0.1, -0.05) is 30.3 Å². The Balaban J connectivity index is 0.000000573. The summed E-state index contributed by atoms with van der Waals surface area (Å²) in [5.74, 6) is 0.224. The van der Waals surface area contributed by atoms with Gasteiger partial charge in [-0.2, -0.15) is 9.78 Å². The zero-order valence-electron chi connectivity index (χ0n) is 25.8. The maximum Gasteiger partial charge on any atom is 0.342 e. The van der Waals surface area contributed by atoms with Gasteiger partial charge >= 0.3 is 5.97 Å². The van der Waals surface area contributed by atoms with E-state index in [2.05, 4.69) is 36.1 Å². The van der Waals surface area contributed by atoms with E-state index >= 15 is 0 Å². The average molecular weight is 601 g/mol. The van der Waals surface area contributed by atoms with Gasteiger partial charge in [-0.05, 0) is 79.8 Å². The molecule has 1 fully saturated rings. The van der Waals surface area contributed by atoms with E-state index in [0.717, 1.165) is 69.2 Å². The van der Waals surface area contributed by atoms with Crippen molar-refractivity contribution < 1.29 is 28.8 Å². The SMILES string of the molecule is C1COCCO1.COc1c(C(=O)O)cnn1-c1cccc(-c2cccc(C)c2OCc2ccc3c(c2C)CCN(C)CC3)n1. The minimum Gasteiger partial charge on any atom is -0.488 e. The third-order valence-electron chi connectivity index (χ3n) is 8.02. The highest BCUT2D eigenvalue weighted by Crippen LogP contribution is 2.34. The van der Waals surface area contributed by atoms with E-state index in [0.29, 0.717) is 18.1 Å². The van der Waals surface area contributed by atoms with Crippen LogP contribution in [-0.4, -0.2) is 84.4 Å². The van der Waals surface area contributed by atoms with E-state index in [1.165, 1.54) is 40.2 Å². The molecule has 2 aromatic heterocycles. The van der Waals surface area contributed by atoms with Crippen LogP contribution in [0.2, 0.25) is 0 Å². The maximum absolute atomic E-state index is 11.5. The van der Waals surface area contributed by atoms with Gasteiger partial charge in [0.25, 0.3) is 0 Å². The number of para-hydroxylation sites is 1. The van der Waals surface area contributed by atoms with Crippen molar-refractivity contribution in [1.29, 1.82) is 0 Å². The molecular weight excluding hydrogens is 560 g/mol. The van der Waals surface area contributed by atoms with Gasteiger partial charge in [0.1, 0.15) is 17.9 Å². The number of ether oxygens (including phenoxy) is 4. The zero-order valence-corrected chi connectivity index (χ0v) is 25.8. The van der Waals surface area contributed by atoms with E-state index < -0.39 is 5.97 Å². The number of hydrogen-bond donors (Lipinski definition) is 1. The van der Waals surface area contributed by atoms with Gasteiger partial charge in [0.15, 0.2) is 5.82 Å². The molecule has 0 unspecified atom stereocenters. The van der Waals surface area contributed by atoms with Crippen LogP contribution in [-0.2, 0) is 28.9 Å². The summed E-state index contributed by atoms with van der Waals surface area (Å²) in [5.41, 5.74) is 7.91. The Morgan fingerprint density at radius 2 is 1.70 bits per heavy atom. The van der Waals surface area contributed by atoms with E-state index in [4.69, 9.17) is 23.9 Å². The second kappa shape index (κ2) is 14.5. The van der Waals surface area contributed by atoms with Crippen LogP contribution in [0.3, 0.4) is 0 Å². The number of aromatic nitrogens is 3. The van der Waals surface area contributed by atoms with Gasteiger partial charge in [-0.15, -0.1) is 0 Å². The second-order valence-electron chi connectivity index (χ2n) is 10.9. The summed E-state index contributed by atoms with van der Waals surface area (Å²) in [6, 6.07) is 16.0. The first kappa shape index (κ1) is 31.2. The predicted octanol–water partition coefficient (Wildman–Crippen LogP) is 4.90. The Hall–Kier alpha value is -4.25. The van der Waals surface area contributed by atoms with Crippen molar-refractivity contribution in [3.63, 3.8) is 0 Å². The van der Waals surface area contributed by atoms with Crippen molar-refractivity contribution in [3.8, 4) is 28.7 Å². The molecule has 2 aliphatic heterocycles. The molecule has 1 N–H and O–H groups in total. The lowest BCUT2D eigenvalue weighted by Crippen LogP contribution is -2.20. The number of nitrogens with zero attached hydrogens (tertiary/aromatic N) is 4. The molecule has 10 heteroatoms. The quantitative estimate of drug-likeness (QED) is 0.317. The molecule has 2 aromatic carbocycles. The summed E-state index contributed by atoms with van der Waals surface area (Å²) >= 11 is 0. The van der Waals surface area contributed by atoms with Crippen LogP contribution in [0, 0.1) is 13.8 Å². The van der Waals surface area contributed by atoms with Gasteiger partial charge < -0.3 is 29.0 Å². The molecule has 0 radical (unpaired) electrons. The lowest BCUT2D eigenvalue weighted by Gasteiger charge is -2.18. The lowest BCUT2D eigenvalue weighted by molar-refractivity contribution is -0.0334. The second-order valence-corrected chi connectivity index (χ2v) is 10.9. The number of carbonyl (C=O) groups is 1. The summed E-state index contributed by atoms with van der Waals surface area (Å²) in [6.45, 7) is 9.95. The largest absolute Gasteiger partial charge is 0.488 e. The minimum atomic E-state index is -1.11. The number of rotatable bonds is 7. The van der Waals surface area contributed by atoms with Gasteiger partial charge in [0.05, 0.1) is 45.4 Å². The minimum absolute atomic E-state index is 0.0259. The van der Waals surface area contributed by atoms with Crippen molar-refractivity contribution in [2.24, 2.45) is 0 Å². The summed E-state index contributed by atoms with van der Waals surface area (Å²) in [4.78, 5) is 18.7. The Kier molecular flexibility index (Phi) is 10.3. The van der Waals surface area contributed by atoms with Crippen molar-refractivity contribution >= 4 is 5.97 Å². The number of aryl methyl sites for hydroxylation is 1. The molecule has 0 bridgehead atoms. The molecule has 10 nitrogen and oxygen atoms in total. The normalized spacial score (nSPS) is 15.0. The number of fused-ring (bicyclic) bond motifs is 1. The fraction of sp³-hybridized carbons (Fsp3) is 0.382. The highest BCUT2D eigenvalue weighted by atomic mass is 16.6. The first-order valence-corrected chi connectivity index (χ1v) is 14.9. The zero-order chi connectivity index (χ0) is 31.1. The monoisotopic (exact) mass is 600 g/mol. The van der Waals surface area contributed by atoms with Crippen LogP contribution < -0.4 is 9.47 Å². The van der Waals surface area contributed by atoms with Crippen LogP contribution in [0.15, 0.2) is 54.7 Å². The molecule has 2 aliphatic rings. The Morgan fingerprint density at radius 1 is 0.977 bits per heavy atom. The van der Waals surface area contributed by atoms with E-state index in [1.807, 2.05) is 37.3 Å². The van der Waals surface area contributed by atoms with Crippen molar-refractivity contribution in [2.75, 3.05) is 53.7 Å². The number of pyridine rings is 1. The van der Waals surface area contributed by atoms with E-state index in [-0.39, 0.29) is 11.4 Å². The van der Waals surface area contributed by atoms with Gasteiger partial charge in [-0.3, -0.25) is 0 Å². The van der Waals surface area contributed by atoms with E-state index in [9.17, 15) is 9.90 Å². The fourth-order valence-electron chi connectivity index (χ4n) is 5.50. The molecule has 1 saturated heterocycles. The molecule has 4 aromatic rings. The van der Waals surface area contributed by atoms with Crippen LogP contribution in [0.4, 0.5) is 0 Å². The molecule has 0 spiro atoms. The first-order valence-electron chi connectivity index (χ1n) is 14.9. The number of hydrogen-bond acceptors (Lipinski definition) is 8. The maximum atomic E-state index is 11.5. The number of aromatic carboxylic acids is 1. The topological polar surface area (TPSA) is 108 Å². The molecule has 0 amide bonds. The number of likely N-dealkylation sites (N-methyl/N-ethyl adjacent to an activating group) is 1. The number of carboxylic acids is 1. The number of benzene rings is 2. The summed E-state index contributed by atoms with van der Waals surface area (Å²) in [6.07, 6.45) is 3.39. The standard InChI is InChI=1S/C30H32N4O4.C4H8O2/c1-19-7-5-8-24(26-9-6-10-27(32-26)34-29(37-4)25(17-31-34)30(35)36)28(19)38-18-22-12-11-21-13-15-33(3)16-14-23(21)20(22)2;1-2-6-4-3-5-1/h5-12,17H,13-16,18H2,1-4H3,(H,35,36);1-4H2. The molecule has 4 heterocycles. The fourth-order valence-corrected chi connectivity index (χ4v) is 5.50. The van der Waals surface area contributed by atoms with Crippen LogP contribution in [0.1, 0.15) is 38.2 Å². The first-order chi connectivity index (χ1) is 21.4. The van der Waals surface area contributed by atoms with Crippen LogP contribution >= 0.6 is 0 Å². The third kappa shape index (κ3) is 7.10. The lowest BCUT2D eigenvalue weighted by atomic mass is 9.94. The van der Waals surface area contributed by atoms with Gasteiger partial charge in [0, 0.05) is 18.7 Å². The molecule has 0 saturated carbocycles. The number of carboxylic acid groups (broad SMARTS) is 1. The smallest absolute Gasteiger partial charge is 0.342 e. The summed E-state index contributed by atoms with van der Waals surface area (Å²) in [5, 5.41) is 13.6. The summed E-state index contributed by atoms with van der Waals surface area (Å²) < 4.78 is 23.1.